The van der Waals surface area contributed by atoms with Gasteiger partial charge in [-0.1, -0.05) is 6.92 Å². The highest BCUT2D eigenvalue weighted by Crippen LogP contribution is 2.19. The molecule has 1 atom stereocenters. The maximum absolute atomic E-state index is 12.9. The third-order valence-corrected chi connectivity index (χ3v) is 5.55. The molecule has 0 saturated carbocycles. The highest BCUT2D eigenvalue weighted by atomic mass is 16.2. The van der Waals surface area contributed by atoms with Gasteiger partial charge in [0.2, 0.25) is 0 Å². The standard InChI is InChI=1S/C23H32N10O3/c1-5-14(30-23(25)26)9-27-20(34)18-7-15(11-32(18)3)29-22(36)19-8-16(12-33(19)4)28-21(35)17-6-13(24)10-31(17)2/h6-8,10-12,14H,5,9,24H2,1-4H3,(H,27,34)(H,28,35)(H,29,36)(H4,25,26,30). The Kier molecular flexibility index (Phi) is 7.72. The van der Waals surface area contributed by atoms with Crippen molar-refractivity contribution in [2.45, 2.75) is 19.4 Å². The van der Waals surface area contributed by atoms with Gasteiger partial charge in [0.1, 0.15) is 17.1 Å². The predicted molar refractivity (Wildman–Crippen MR) is 139 cm³/mol. The van der Waals surface area contributed by atoms with E-state index in [1.807, 2.05) is 6.92 Å². The molecule has 0 radical (unpaired) electrons. The zero-order chi connectivity index (χ0) is 26.6. The third kappa shape index (κ3) is 6.05. The zero-order valence-electron chi connectivity index (χ0n) is 20.7. The Morgan fingerprint density at radius 2 is 1.31 bits per heavy atom. The number of nitrogens with one attached hydrogen (secondary N) is 3. The lowest BCUT2D eigenvalue weighted by Crippen LogP contribution is -2.34. The van der Waals surface area contributed by atoms with E-state index in [1.165, 1.54) is 0 Å². The number of carbonyl (C=O) groups is 3. The Hall–Kier alpha value is -4.68. The van der Waals surface area contributed by atoms with Gasteiger partial charge in [0, 0.05) is 46.3 Å². The summed E-state index contributed by atoms with van der Waals surface area (Å²) >= 11 is 0. The van der Waals surface area contributed by atoms with E-state index in [0.717, 1.165) is 0 Å². The van der Waals surface area contributed by atoms with Crippen LogP contribution in [0.4, 0.5) is 17.1 Å². The summed E-state index contributed by atoms with van der Waals surface area (Å²) in [7, 11) is 5.11. The molecule has 192 valence electrons. The van der Waals surface area contributed by atoms with Crippen molar-refractivity contribution in [2.75, 3.05) is 22.9 Å². The van der Waals surface area contributed by atoms with Gasteiger partial charge in [0.15, 0.2) is 5.96 Å². The SMILES string of the molecule is CCC(CNC(=O)c1cc(NC(=O)c2cc(NC(=O)c3cc(N)cn3C)cn2C)cn1C)N=C(N)N. The summed E-state index contributed by atoms with van der Waals surface area (Å²) in [6, 6.07) is 4.47. The van der Waals surface area contributed by atoms with Crippen molar-refractivity contribution in [3.05, 3.63) is 53.9 Å². The number of hydrogen-bond acceptors (Lipinski definition) is 5. The number of nitrogens with zero attached hydrogens (tertiary/aromatic N) is 4. The molecular weight excluding hydrogens is 464 g/mol. The lowest BCUT2D eigenvalue weighted by molar-refractivity contribution is 0.0941. The fourth-order valence-corrected chi connectivity index (χ4v) is 3.72. The summed E-state index contributed by atoms with van der Waals surface area (Å²) in [4.78, 5) is 42.1. The molecule has 0 aliphatic rings. The molecule has 0 aromatic carbocycles. The maximum Gasteiger partial charge on any atom is 0.272 e. The summed E-state index contributed by atoms with van der Waals surface area (Å²) in [5.41, 5.74) is 19.0. The first-order chi connectivity index (χ1) is 17.0. The first kappa shape index (κ1) is 25.9. The molecule has 3 rings (SSSR count). The van der Waals surface area contributed by atoms with Gasteiger partial charge in [-0.05, 0) is 24.6 Å². The minimum Gasteiger partial charge on any atom is -0.397 e. The second kappa shape index (κ2) is 10.7. The van der Waals surface area contributed by atoms with E-state index in [9.17, 15) is 14.4 Å². The van der Waals surface area contributed by atoms with Crippen LogP contribution < -0.4 is 33.2 Å². The smallest absolute Gasteiger partial charge is 0.272 e. The molecule has 13 nitrogen and oxygen atoms in total. The van der Waals surface area contributed by atoms with Gasteiger partial charge in [-0.2, -0.15) is 0 Å². The van der Waals surface area contributed by atoms with E-state index < -0.39 is 5.91 Å². The third-order valence-electron chi connectivity index (χ3n) is 5.55. The Bertz CT molecular complexity index is 1310. The molecule has 0 aliphatic heterocycles. The highest BCUT2D eigenvalue weighted by molar-refractivity contribution is 6.07. The van der Waals surface area contributed by atoms with Crippen molar-refractivity contribution >= 4 is 40.7 Å². The summed E-state index contributed by atoms with van der Waals surface area (Å²) < 4.78 is 4.82. The predicted octanol–water partition coefficient (Wildman–Crippen LogP) is 0.571. The molecule has 0 aliphatic carbocycles. The number of amides is 3. The van der Waals surface area contributed by atoms with E-state index in [1.54, 1.807) is 71.6 Å². The molecule has 3 heterocycles. The summed E-state index contributed by atoms with van der Waals surface area (Å²) in [6.07, 6.45) is 5.56. The highest BCUT2D eigenvalue weighted by Gasteiger charge is 2.18. The molecule has 3 aromatic rings. The largest absolute Gasteiger partial charge is 0.397 e. The van der Waals surface area contributed by atoms with Gasteiger partial charge >= 0.3 is 0 Å². The topological polar surface area (TPSA) is 193 Å². The fourth-order valence-electron chi connectivity index (χ4n) is 3.72. The number of anilines is 3. The van der Waals surface area contributed by atoms with Crippen LogP contribution in [-0.4, -0.2) is 50.0 Å². The minimum absolute atomic E-state index is 0.0342. The van der Waals surface area contributed by atoms with E-state index >= 15 is 0 Å². The average molecular weight is 497 g/mol. The van der Waals surface area contributed by atoms with Gasteiger partial charge in [-0.15, -0.1) is 0 Å². The first-order valence-electron chi connectivity index (χ1n) is 11.2. The Morgan fingerprint density at radius 3 is 1.75 bits per heavy atom. The van der Waals surface area contributed by atoms with Crippen molar-refractivity contribution in [1.29, 1.82) is 0 Å². The molecule has 13 heteroatoms. The normalized spacial score (nSPS) is 11.6. The number of rotatable bonds is 9. The van der Waals surface area contributed by atoms with Crippen molar-refractivity contribution in [1.82, 2.24) is 19.0 Å². The number of aryl methyl sites for hydroxylation is 3. The van der Waals surface area contributed by atoms with E-state index in [4.69, 9.17) is 17.2 Å². The van der Waals surface area contributed by atoms with E-state index in [0.29, 0.717) is 40.6 Å². The van der Waals surface area contributed by atoms with Gasteiger partial charge in [-0.25, -0.2) is 4.99 Å². The van der Waals surface area contributed by atoms with Crippen LogP contribution in [0.15, 0.2) is 41.8 Å². The summed E-state index contributed by atoms with van der Waals surface area (Å²) in [6.45, 7) is 2.19. The van der Waals surface area contributed by atoms with Crippen molar-refractivity contribution < 1.29 is 14.4 Å². The fraction of sp³-hybridized carbons (Fsp3) is 0.304. The maximum atomic E-state index is 12.9. The molecule has 0 saturated heterocycles. The monoisotopic (exact) mass is 496 g/mol. The lowest BCUT2D eigenvalue weighted by atomic mass is 10.2. The van der Waals surface area contributed by atoms with Crippen LogP contribution in [0, 0.1) is 0 Å². The number of nitrogens with two attached hydrogens (primary N) is 3. The molecule has 0 fully saturated rings. The number of hydrogen-bond donors (Lipinski definition) is 6. The molecule has 0 bridgehead atoms. The van der Waals surface area contributed by atoms with Crippen molar-refractivity contribution in [3.63, 3.8) is 0 Å². The van der Waals surface area contributed by atoms with Crippen LogP contribution in [0.25, 0.3) is 0 Å². The molecule has 1 unspecified atom stereocenters. The molecule has 9 N–H and O–H groups in total. The molecule has 0 spiro atoms. The Labute approximate surface area is 208 Å². The number of aromatic nitrogens is 3. The number of nitrogen functional groups attached to an aromatic ring is 1. The van der Waals surface area contributed by atoms with Crippen LogP contribution >= 0.6 is 0 Å². The van der Waals surface area contributed by atoms with Crippen molar-refractivity contribution in [2.24, 2.45) is 37.6 Å². The van der Waals surface area contributed by atoms with Crippen LogP contribution in [0.3, 0.4) is 0 Å². The van der Waals surface area contributed by atoms with Crippen LogP contribution in [-0.2, 0) is 21.1 Å². The van der Waals surface area contributed by atoms with Crippen LogP contribution in [0.5, 0.6) is 0 Å². The van der Waals surface area contributed by atoms with Gasteiger partial charge in [0.05, 0.1) is 23.1 Å². The molecule has 3 amide bonds. The Balaban J connectivity index is 1.66. The second-order valence-electron chi connectivity index (χ2n) is 8.45. The Morgan fingerprint density at radius 1 is 0.833 bits per heavy atom. The summed E-state index contributed by atoms with van der Waals surface area (Å²) in [5.74, 6) is -1.12. The number of aliphatic imine (C=N–C) groups is 1. The molecular formula is C23H32N10O3. The molecule has 36 heavy (non-hydrogen) atoms. The quantitative estimate of drug-likeness (QED) is 0.185. The minimum atomic E-state index is -0.405. The van der Waals surface area contributed by atoms with Crippen molar-refractivity contribution in [3.8, 4) is 0 Å². The number of guanidine groups is 1. The number of carbonyl (C=O) groups excluding carboxylic acids is 3. The van der Waals surface area contributed by atoms with Gasteiger partial charge < -0.3 is 46.9 Å². The van der Waals surface area contributed by atoms with Crippen LogP contribution in [0.2, 0.25) is 0 Å². The summed E-state index contributed by atoms with van der Waals surface area (Å²) in [5, 5.41) is 8.34. The van der Waals surface area contributed by atoms with E-state index in [-0.39, 0.29) is 30.4 Å². The zero-order valence-corrected chi connectivity index (χ0v) is 20.7. The lowest BCUT2D eigenvalue weighted by Gasteiger charge is -2.12. The molecule has 3 aromatic heterocycles. The van der Waals surface area contributed by atoms with E-state index in [2.05, 4.69) is 20.9 Å². The van der Waals surface area contributed by atoms with Gasteiger partial charge in [-0.3, -0.25) is 14.4 Å². The first-order valence-corrected chi connectivity index (χ1v) is 11.2. The van der Waals surface area contributed by atoms with Crippen LogP contribution in [0.1, 0.15) is 44.8 Å². The average Bonchev–Trinajstić information content (AvgIpc) is 3.46. The second-order valence-corrected chi connectivity index (χ2v) is 8.45. The van der Waals surface area contributed by atoms with Gasteiger partial charge in [0.25, 0.3) is 17.7 Å².